The van der Waals surface area contributed by atoms with Gasteiger partial charge in [0.1, 0.15) is 11.6 Å². The van der Waals surface area contributed by atoms with E-state index in [4.69, 9.17) is 14.7 Å². The summed E-state index contributed by atoms with van der Waals surface area (Å²) in [7, 11) is 3.78. The van der Waals surface area contributed by atoms with E-state index >= 15 is 0 Å². The van der Waals surface area contributed by atoms with Crippen LogP contribution >= 0.6 is 0 Å². The van der Waals surface area contributed by atoms with Crippen LogP contribution in [0.4, 0.5) is 11.8 Å². The Balaban J connectivity index is 1.46. The van der Waals surface area contributed by atoms with Gasteiger partial charge in [-0.15, -0.1) is 0 Å². The number of carbonyl (C=O) groups excluding carboxylic acids is 1. The normalized spacial score (nSPS) is 19.8. The number of aromatic nitrogens is 2. The van der Waals surface area contributed by atoms with Crippen LogP contribution in [0.5, 0.6) is 5.75 Å². The summed E-state index contributed by atoms with van der Waals surface area (Å²) in [5.41, 5.74) is 2.81. The number of anilines is 2. The number of piperidine rings is 1. The van der Waals surface area contributed by atoms with Crippen LogP contribution in [0, 0.1) is 5.92 Å². The number of ether oxygens (including phenoxy) is 1. The molecule has 1 aromatic heterocycles. The number of piperazine rings is 1. The van der Waals surface area contributed by atoms with Crippen molar-refractivity contribution >= 4 is 17.7 Å². The van der Waals surface area contributed by atoms with Crippen molar-refractivity contribution in [3.05, 3.63) is 41.1 Å². The molecule has 0 aliphatic carbocycles. The second-order valence-electron chi connectivity index (χ2n) is 9.91. The number of fused-ring (bicyclic) bond motifs is 1. The lowest BCUT2D eigenvalue weighted by Gasteiger charge is -2.38. The van der Waals surface area contributed by atoms with Crippen molar-refractivity contribution in [2.24, 2.45) is 5.92 Å². The van der Waals surface area contributed by atoms with Gasteiger partial charge in [-0.2, -0.15) is 4.98 Å². The minimum atomic E-state index is 0.00141. The van der Waals surface area contributed by atoms with Gasteiger partial charge in [0.25, 0.3) is 5.91 Å². The third kappa shape index (κ3) is 4.56. The van der Waals surface area contributed by atoms with Crippen molar-refractivity contribution in [1.29, 1.82) is 0 Å². The molecule has 0 unspecified atom stereocenters. The zero-order valence-electron chi connectivity index (χ0n) is 20.7. The Hall–Kier alpha value is -2.87. The minimum Gasteiger partial charge on any atom is -0.496 e. The van der Waals surface area contributed by atoms with E-state index in [-0.39, 0.29) is 5.91 Å². The molecule has 0 saturated carbocycles. The average Bonchev–Trinajstić information content (AvgIpc) is 2.88. The first-order valence-electron chi connectivity index (χ1n) is 12.5. The van der Waals surface area contributed by atoms with E-state index in [1.54, 1.807) is 7.11 Å². The molecular formula is C26H36N6O2. The average molecular weight is 465 g/mol. The highest BCUT2D eigenvalue weighted by Gasteiger charge is 2.31. The first kappa shape index (κ1) is 22.9. The van der Waals surface area contributed by atoms with Crippen LogP contribution in [0.15, 0.2) is 24.3 Å². The van der Waals surface area contributed by atoms with Crippen LogP contribution in [0.1, 0.15) is 41.4 Å². The summed E-state index contributed by atoms with van der Waals surface area (Å²) in [6.45, 7) is 9.45. The third-order valence-corrected chi connectivity index (χ3v) is 7.52. The van der Waals surface area contributed by atoms with Crippen molar-refractivity contribution in [2.75, 3.05) is 69.8 Å². The molecule has 34 heavy (non-hydrogen) atoms. The largest absolute Gasteiger partial charge is 0.496 e. The first-order valence-corrected chi connectivity index (χ1v) is 12.5. The van der Waals surface area contributed by atoms with Gasteiger partial charge < -0.3 is 24.3 Å². The lowest BCUT2D eigenvalue weighted by atomic mass is 9.99. The number of para-hydroxylation sites is 1. The Kier molecular flexibility index (Phi) is 6.59. The minimum absolute atomic E-state index is 0.00141. The van der Waals surface area contributed by atoms with Gasteiger partial charge in [-0.25, -0.2) is 4.98 Å². The highest BCUT2D eigenvalue weighted by Crippen LogP contribution is 2.32. The molecule has 182 valence electrons. The van der Waals surface area contributed by atoms with E-state index in [9.17, 15) is 4.79 Å². The number of carbonyl (C=O) groups is 1. The number of methoxy groups -OCH3 is 1. The van der Waals surface area contributed by atoms with Crippen molar-refractivity contribution in [3.8, 4) is 5.75 Å². The molecule has 4 heterocycles. The highest BCUT2D eigenvalue weighted by atomic mass is 16.5. The fraction of sp³-hybridized carbons (Fsp3) is 0.577. The predicted molar refractivity (Wildman–Crippen MR) is 134 cm³/mol. The molecule has 2 saturated heterocycles. The molecular weight excluding hydrogens is 428 g/mol. The molecule has 0 N–H and O–H groups in total. The monoisotopic (exact) mass is 464 g/mol. The maximum Gasteiger partial charge on any atom is 0.257 e. The fourth-order valence-corrected chi connectivity index (χ4v) is 5.18. The maximum atomic E-state index is 13.4. The van der Waals surface area contributed by atoms with E-state index in [2.05, 4.69) is 28.7 Å². The van der Waals surface area contributed by atoms with Crippen LogP contribution in [0.3, 0.4) is 0 Å². The lowest BCUT2D eigenvalue weighted by Crippen LogP contribution is -2.46. The smallest absolute Gasteiger partial charge is 0.257 e. The second-order valence-corrected chi connectivity index (χ2v) is 9.91. The summed E-state index contributed by atoms with van der Waals surface area (Å²) < 4.78 is 5.46. The van der Waals surface area contributed by atoms with Gasteiger partial charge >= 0.3 is 0 Å². The van der Waals surface area contributed by atoms with E-state index in [0.29, 0.717) is 24.4 Å². The van der Waals surface area contributed by atoms with Gasteiger partial charge in [0, 0.05) is 57.8 Å². The number of benzene rings is 1. The molecule has 2 fully saturated rings. The summed E-state index contributed by atoms with van der Waals surface area (Å²) in [6.07, 6.45) is 3.12. The van der Waals surface area contributed by atoms with E-state index < -0.39 is 0 Å². The van der Waals surface area contributed by atoms with Crippen molar-refractivity contribution in [1.82, 2.24) is 19.8 Å². The standard InChI is InChI=1S/C26H36N6O2/c1-19-8-11-31(12-9-19)26-27-22-10-13-32(25(33)20-6-4-5-7-23(20)34-3)18-21(22)24(28-26)30-16-14-29(2)15-17-30/h4-7,19H,8-18H2,1-3H3. The molecule has 0 spiro atoms. The summed E-state index contributed by atoms with van der Waals surface area (Å²) >= 11 is 0. The van der Waals surface area contributed by atoms with Gasteiger partial charge in [0.2, 0.25) is 5.95 Å². The third-order valence-electron chi connectivity index (χ3n) is 7.52. The topological polar surface area (TPSA) is 65.0 Å². The molecule has 0 bridgehead atoms. The van der Waals surface area contributed by atoms with Crippen LogP contribution in [0.25, 0.3) is 0 Å². The van der Waals surface area contributed by atoms with Gasteiger partial charge in [-0.3, -0.25) is 4.79 Å². The molecule has 5 rings (SSSR count). The number of hydrogen-bond acceptors (Lipinski definition) is 7. The SMILES string of the molecule is COc1ccccc1C(=O)N1CCc2nc(N3CCC(C)CC3)nc(N3CCN(C)CC3)c2C1. The highest BCUT2D eigenvalue weighted by molar-refractivity contribution is 5.97. The number of nitrogens with zero attached hydrogens (tertiary/aromatic N) is 6. The molecule has 0 atom stereocenters. The predicted octanol–water partition coefficient (Wildman–Crippen LogP) is 2.67. The number of likely N-dealkylation sites (N-methyl/N-ethyl adjacent to an activating group) is 1. The van der Waals surface area contributed by atoms with Gasteiger partial charge in [0.05, 0.1) is 24.9 Å². The van der Waals surface area contributed by atoms with E-state index in [1.165, 1.54) is 12.8 Å². The Morgan fingerprint density at radius 1 is 0.971 bits per heavy atom. The molecule has 3 aliphatic heterocycles. The molecule has 8 nitrogen and oxygen atoms in total. The van der Waals surface area contributed by atoms with Crippen LogP contribution < -0.4 is 14.5 Å². The number of rotatable bonds is 4. The van der Waals surface area contributed by atoms with Gasteiger partial charge in [-0.1, -0.05) is 19.1 Å². The Morgan fingerprint density at radius 2 is 1.71 bits per heavy atom. The Bertz CT molecular complexity index is 1030. The van der Waals surface area contributed by atoms with Crippen LogP contribution in [0.2, 0.25) is 0 Å². The zero-order valence-corrected chi connectivity index (χ0v) is 20.7. The molecule has 0 radical (unpaired) electrons. The molecule has 1 amide bonds. The summed E-state index contributed by atoms with van der Waals surface area (Å²) in [4.78, 5) is 32.7. The number of hydrogen-bond donors (Lipinski definition) is 0. The van der Waals surface area contributed by atoms with Crippen molar-refractivity contribution in [2.45, 2.75) is 32.7 Å². The molecule has 8 heteroatoms. The van der Waals surface area contributed by atoms with Gasteiger partial charge in [0.15, 0.2) is 0 Å². The second kappa shape index (κ2) is 9.78. The van der Waals surface area contributed by atoms with E-state index in [0.717, 1.165) is 74.6 Å². The van der Waals surface area contributed by atoms with Crippen LogP contribution in [-0.2, 0) is 13.0 Å². The maximum absolute atomic E-state index is 13.4. The van der Waals surface area contributed by atoms with Crippen LogP contribution in [-0.4, -0.2) is 85.6 Å². The van der Waals surface area contributed by atoms with Crippen molar-refractivity contribution < 1.29 is 9.53 Å². The zero-order chi connectivity index (χ0) is 23.7. The quantitative estimate of drug-likeness (QED) is 0.689. The molecule has 3 aliphatic rings. The molecule has 1 aromatic carbocycles. The van der Waals surface area contributed by atoms with Crippen molar-refractivity contribution in [3.63, 3.8) is 0 Å². The van der Waals surface area contributed by atoms with E-state index in [1.807, 2.05) is 29.2 Å². The molecule has 2 aromatic rings. The Labute approximate surface area is 202 Å². The Morgan fingerprint density at radius 3 is 2.44 bits per heavy atom. The van der Waals surface area contributed by atoms with Gasteiger partial charge in [-0.05, 0) is 37.9 Å². The lowest BCUT2D eigenvalue weighted by molar-refractivity contribution is 0.0730. The number of amides is 1. The first-order chi connectivity index (χ1) is 16.5. The summed E-state index contributed by atoms with van der Waals surface area (Å²) in [5.74, 6) is 3.26. The summed E-state index contributed by atoms with van der Waals surface area (Å²) in [5, 5.41) is 0. The summed E-state index contributed by atoms with van der Waals surface area (Å²) in [6, 6.07) is 7.46. The fourth-order valence-electron chi connectivity index (χ4n) is 5.18.